The second kappa shape index (κ2) is 9.32. The van der Waals surface area contributed by atoms with E-state index in [0.717, 1.165) is 31.2 Å². The van der Waals surface area contributed by atoms with Gasteiger partial charge in [-0.15, -0.1) is 24.0 Å². The van der Waals surface area contributed by atoms with E-state index in [2.05, 4.69) is 57.3 Å². The minimum atomic E-state index is 0. The number of aromatic nitrogens is 2. The number of hydrogen-bond donors (Lipinski definition) is 2. The first-order valence-electron chi connectivity index (χ1n) is 10.4. The molecule has 0 amide bonds. The Morgan fingerprint density at radius 3 is 2.71 bits per heavy atom. The van der Waals surface area contributed by atoms with E-state index in [1.807, 2.05) is 11.7 Å². The molecule has 0 spiro atoms. The van der Waals surface area contributed by atoms with Crippen LogP contribution in [0.1, 0.15) is 57.5 Å². The Labute approximate surface area is 187 Å². The minimum Gasteiger partial charge on any atom is -0.377 e. The van der Waals surface area contributed by atoms with Gasteiger partial charge >= 0.3 is 0 Å². The van der Waals surface area contributed by atoms with Crippen molar-refractivity contribution in [2.45, 2.75) is 79.0 Å². The van der Waals surface area contributed by atoms with Crippen LogP contribution in [0.25, 0.3) is 0 Å². The highest BCUT2D eigenvalue weighted by atomic mass is 127. The van der Waals surface area contributed by atoms with Gasteiger partial charge in [0.05, 0.1) is 11.8 Å². The van der Waals surface area contributed by atoms with Gasteiger partial charge in [0.25, 0.3) is 0 Å². The van der Waals surface area contributed by atoms with Crippen LogP contribution in [-0.4, -0.2) is 47.1 Å². The van der Waals surface area contributed by atoms with Gasteiger partial charge in [-0.3, -0.25) is 9.67 Å². The van der Waals surface area contributed by atoms with E-state index in [9.17, 15) is 0 Å². The van der Waals surface area contributed by atoms with Crippen LogP contribution in [0.3, 0.4) is 0 Å². The Morgan fingerprint density at radius 1 is 1.39 bits per heavy atom. The summed E-state index contributed by atoms with van der Waals surface area (Å²) in [4.78, 5) is 4.71. The molecule has 2 heterocycles. The average molecular weight is 503 g/mol. The smallest absolute Gasteiger partial charge is 0.191 e. The molecule has 0 radical (unpaired) electrons. The summed E-state index contributed by atoms with van der Waals surface area (Å²) in [7, 11) is 2.01. The van der Waals surface area contributed by atoms with Crippen LogP contribution >= 0.6 is 24.0 Å². The number of nitrogens with one attached hydrogen (secondary N) is 2. The van der Waals surface area contributed by atoms with Crippen LogP contribution in [-0.2, 0) is 18.2 Å². The summed E-state index contributed by atoms with van der Waals surface area (Å²) in [5, 5.41) is 11.9. The van der Waals surface area contributed by atoms with Crippen LogP contribution in [0.15, 0.2) is 4.99 Å². The van der Waals surface area contributed by atoms with Crippen molar-refractivity contribution < 1.29 is 4.74 Å². The molecule has 1 saturated carbocycles. The number of rotatable bonds is 5. The summed E-state index contributed by atoms with van der Waals surface area (Å²) in [5.74, 6) is 1.52. The Hall–Kier alpha value is -0.830. The molecule has 2 aliphatic rings. The van der Waals surface area contributed by atoms with Gasteiger partial charge in [-0.05, 0) is 52.5 Å². The number of halogens is 1. The number of ether oxygens (including phenoxy) is 1. The average Bonchev–Trinajstić information content (AvgIpc) is 2.86. The molecule has 7 heteroatoms. The quantitative estimate of drug-likeness (QED) is 0.368. The van der Waals surface area contributed by atoms with Gasteiger partial charge in [-0.2, -0.15) is 5.10 Å². The maximum Gasteiger partial charge on any atom is 0.191 e. The van der Waals surface area contributed by atoms with Crippen molar-refractivity contribution in [3.63, 3.8) is 0 Å². The fraction of sp³-hybridized carbons (Fsp3) is 0.810. The Morgan fingerprint density at radius 2 is 2.11 bits per heavy atom. The Balaban J connectivity index is 0.00000280. The summed E-state index contributed by atoms with van der Waals surface area (Å²) in [6.07, 6.45) is 3.73. The number of nitrogens with zero attached hydrogens (tertiary/aromatic N) is 3. The summed E-state index contributed by atoms with van der Waals surface area (Å²) in [6, 6.07) is 0.695. The largest absolute Gasteiger partial charge is 0.377 e. The van der Waals surface area contributed by atoms with Crippen molar-refractivity contribution in [2.75, 3.05) is 13.2 Å². The lowest BCUT2D eigenvalue weighted by Gasteiger charge is -2.60. The van der Waals surface area contributed by atoms with E-state index in [0.29, 0.717) is 18.1 Å². The van der Waals surface area contributed by atoms with Gasteiger partial charge in [0.15, 0.2) is 5.96 Å². The maximum absolute atomic E-state index is 6.04. The zero-order chi connectivity index (χ0) is 19.8. The lowest BCUT2D eigenvalue weighted by atomic mass is 9.55. The minimum absolute atomic E-state index is 0. The molecule has 2 fully saturated rings. The van der Waals surface area contributed by atoms with E-state index >= 15 is 0 Å². The molecule has 1 aliphatic heterocycles. The molecule has 28 heavy (non-hydrogen) atoms. The molecule has 4 unspecified atom stereocenters. The van der Waals surface area contributed by atoms with Crippen molar-refractivity contribution in [1.82, 2.24) is 20.4 Å². The molecular formula is C21H38IN5O. The van der Waals surface area contributed by atoms with E-state index in [4.69, 9.17) is 9.73 Å². The van der Waals surface area contributed by atoms with Gasteiger partial charge in [-0.1, -0.05) is 13.8 Å². The molecule has 160 valence electrons. The number of aryl methyl sites for hydroxylation is 2. The second-order valence-corrected chi connectivity index (χ2v) is 8.89. The van der Waals surface area contributed by atoms with Crippen LogP contribution in [0.2, 0.25) is 0 Å². The summed E-state index contributed by atoms with van der Waals surface area (Å²) in [6.45, 7) is 14.8. The first kappa shape index (κ1) is 23.4. The van der Waals surface area contributed by atoms with Crippen molar-refractivity contribution in [3.05, 3.63) is 17.0 Å². The van der Waals surface area contributed by atoms with E-state index < -0.39 is 0 Å². The monoisotopic (exact) mass is 503 g/mol. The zero-order valence-corrected chi connectivity index (χ0v) is 20.8. The second-order valence-electron chi connectivity index (χ2n) is 8.89. The van der Waals surface area contributed by atoms with Crippen molar-refractivity contribution in [1.29, 1.82) is 0 Å². The van der Waals surface area contributed by atoms with Crippen LogP contribution < -0.4 is 10.6 Å². The topological polar surface area (TPSA) is 63.5 Å². The molecule has 0 bridgehead atoms. The van der Waals surface area contributed by atoms with Gasteiger partial charge in [-0.25, -0.2) is 0 Å². The van der Waals surface area contributed by atoms with E-state index in [-0.39, 0.29) is 35.4 Å². The van der Waals surface area contributed by atoms with Crippen molar-refractivity contribution in [2.24, 2.45) is 23.4 Å². The van der Waals surface area contributed by atoms with Gasteiger partial charge in [0.2, 0.25) is 0 Å². The summed E-state index contributed by atoms with van der Waals surface area (Å²) >= 11 is 0. The Kier molecular flexibility index (Phi) is 7.81. The lowest BCUT2D eigenvalue weighted by molar-refractivity contribution is -0.188. The summed E-state index contributed by atoms with van der Waals surface area (Å²) in [5.41, 5.74) is 3.83. The fourth-order valence-corrected chi connectivity index (χ4v) is 4.96. The molecule has 2 N–H and O–H groups in total. The van der Waals surface area contributed by atoms with Crippen molar-refractivity contribution in [3.8, 4) is 0 Å². The zero-order valence-electron chi connectivity index (χ0n) is 18.5. The normalized spacial score (nSPS) is 27.2. The van der Waals surface area contributed by atoms with E-state index in [1.165, 1.54) is 24.1 Å². The molecule has 1 saturated heterocycles. The maximum atomic E-state index is 6.04. The van der Waals surface area contributed by atoms with E-state index in [1.54, 1.807) is 0 Å². The van der Waals surface area contributed by atoms with Gasteiger partial charge in [0, 0.05) is 49.3 Å². The Bertz CT molecular complexity index is 699. The molecule has 0 aromatic carbocycles. The van der Waals surface area contributed by atoms with Crippen LogP contribution in [0.5, 0.6) is 0 Å². The molecule has 1 aromatic rings. The highest BCUT2D eigenvalue weighted by Crippen LogP contribution is 2.51. The lowest BCUT2D eigenvalue weighted by Crippen LogP contribution is -2.71. The molecule has 4 atom stereocenters. The predicted molar refractivity (Wildman–Crippen MR) is 126 cm³/mol. The third-order valence-corrected chi connectivity index (χ3v) is 6.49. The van der Waals surface area contributed by atoms with Crippen LogP contribution in [0.4, 0.5) is 0 Å². The highest BCUT2D eigenvalue weighted by molar-refractivity contribution is 14.0. The molecule has 1 aliphatic carbocycles. The molecule has 1 aromatic heterocycles. The van der Waals surface area contributed by atoms with Gasteiger partial charge in [0.1, 0.15) is 0 Å². The predicted octanol–water partition coefficient (Wildman–Crippen LogP) is 3.34. The fourth-order valence-electron chi connectivity index (χ4n) is 4.96. The third-order valence-electron chi connectivity index (χ3n) is 6.49. The summed E-state index contributed by atoms with van der Waals surface area (Å²) < 4.78 is 8.01. The third kappa shape index (κ3) is 4.50. The highest BCUT2D eigenvalue weighted by Gasteiger charge is 2.58. The molecule has 3 rings (SSSR count). The van der Waals surface area contributed by atoms with Gasteiger partial charge < -0.3 is 15.4 Å². The van der Waals surface area contributed by atoms with Crippen LogP contribution in [0, 0.1) is 25.2 Å². The molecular weight excluding hydrogens is 465 g/mol. The first-order valence-corrected chi connectivity index (χ1v) is 10.4. The van der Waals surface area contributed by atoms with Crippen molar-refractivity contribution >= 4 is 29.9 Å². The first-order chi connectivity index (χ1) is 12.8. The number of fused-ring (bicyclic) bond motifs is 1. The number of hydrogen-bond acceptors (Lipinski definition) is 3. The molecule has 6 nitrogen and oxygen atoms in total. The SMILES string of the molecule is CCN=C(NC(C)Cc1c(C)nn(C)c1C)NC1C2CCCOC2C1(C)C.I. The standard InChI is InChI=1S/C21H37N5O.HI/c1-8-22-20(23-13(2)12-17-14(3)25-26(7)15(17)4)24-18-16-10-9-11-27-19(16)21(18,5)6;/h13,16,18-19H,8-12H2,1-7H3,(H2,22,23,24);1H. The number of guanidine groups is 1. The number of aliphatic imine (C=N–C) groups is 1.